The van der Waals surface area contributed by atoms with E-state index in [4.69, 9.17) is 10.5 Å². The highest BCUT2D eigenvalue weighted by atomic mass is 19.1. The summed E-state index contributed by atoms with van der Waals surface area (Å²) in [5.41, 5.74) is 7.58. The molecular weight excluding hydrogens is 411 g/mol. The molecule has 32 heavy (non-hydrogen) atoms. The van der Waals surface area contributed by atoms with Crippen molar-refractivity contribution in [2.45, 2.75) is 6.17 Å². The van der Waals surface area contributed by atoms with Crippen molar-refractivity contribution in [3.63, 3.8) is 0 Å². The van der Waals surface area contributed by atoms with Gasteiger partial charge < -0.3 is 15.4 Å². The summed E-state index contributed by atoms with van der Waals surface area (Å²) in [4.78, 5) is 33.1. The van der Waals surface area contributed by atoms with Crippen LogP contribution in [0.5, 0.6) is 5.75 Å². The zero-order valence-electron chi connectivity index (χ0n) is 17.5. The number of hydrogen-bond donors (Lipinski definition) is 1. The molecule has 1 atom stereocenters. The third-order valence-corrected chi connectivity index (χ3v) is 5.27. The molecule has 7 nitrogen and oxygen atoms in total. The molecule has 162 valence electrons. The number of methoxy groups -OCH3 is 1. The monoisotopic (exact) mass is 432 g/mol. The number of nitrogens with two attached hydrogens (primary N) is 1. The van der Waals surface area contributed by atoms with Crippen molar-refractivity contribution in [1.82, 2.24) is 0 Å². The van der Waals surface area contributed by atoms with Gasteiger partial charge in [-0.05, 0) is 30.3 Å². The maximum absolute atomic E-state index is 14.8. The molecule has 0 fully saturated rings. The third kappa shape index (κ3) is 3.66. The molecule has 0 saturated heterocycles. The van der Waals surface area contributed by atoms with Gasteiger partial charge in [-0.25, -0.2) is 14.2 Å². The van der Waals surface area contributed by atoms with Crippen molar-refractivity contribution in [1.29, 1.82) is 0 Å². The molecule has 1 aliphatic heterocycles. The Bertz CT molecular complexity index is 1230. The fourth-order valence-electron chi connectivity index (χ4n) is 3.69. The van der Waals surface area contributed by atoms with E-state index in [0.29, 0.717) is 22.7 Å². The summed E-state index contributed by atoms with van der Waals surface area (Å²) >= 11 is 0. The molecule has 0 aromatic heterocycles. The minimum Gasteiger partial charge on any atom is -0.497 e. The zero-order valence-corrected chi connectivity index (χ0v) is 17.5. The fraction of sp³-hybridized carbons (Fsp3) is 0.125. The van der Waals surface area contributed by atoms with Crippen molar-refractivity contribution in [3.8, 4) is 5.75 Å². The van der Waals surface area contributed by atoms with Gasteiger partial charge in [0.15, 0.2) is 0 Å². The topological polar surface area (TPSA) is 88.2 Å². The van der Waals surface area contributed by atoms with Crippen LogP contribution in [0.3, 0.4) is 0 Å². The number of fused-ring (bicyclic) bond motifs is 1. The van der Waals surface area contributed by atoms with Crippen LogP contribution in [0.15, 0.2) is 77.8 Å². The Morgan fingerprint density at radius 2 is 1.75 bits per heavy atom. The Balaban J connectivity index is 1.96. The molecule has 0 aliphatic carbocycles. The standard InChI is InChI=1S/C24H21FN4O3/c1-28-20-13-6-4-11-18(20)21(17-10-3-5-12-19(17)25)27-22(23(28)30)29(24(26)31)15-8-7-9-16(14-15)32-2/h3-14,22H,1-2H3,(H2,26,31). The normalized spacial score (nSPS) is 15.5. The summed E-state index contributed by atoms with van der Waals surface area (Å²) in [5, 5.41) is 0. The lowest BCUT2D eigenvalue weighted by Crippen LogP contribution is -2.51. The van der Waals surface area contributed by atoms with Gasteiger partial charge in [-0.3, -0.25) is 9.69 Å². The van der Waals surface area contributed by atoms with E-state index in [2.05, 4.69) is 4.99 Å². The van der Waals surface area contributed by atoms with Gasteiger partial charge in [0.25, 0.3) is 5.91 Å². The molecule has 8 heteroatoms. The molecule has 0 spiro atoms. The van der Waals surface area contributed by atoms with Crippen molar-refractivity contribution in [2.75, 3.05) is 24.0 Å². The molecular formula is C24H21FN4O3. The van der Waals surface area contributed by atoms with Gasteiger partial charge >= 0.3 is 6.03 Å². The molecule has 3 aromatic rings. The number of anilines is 2. The Labute approximate surface area is 184 Å². The smallest absolute Gasteiger partial charge is 0.321 e. The highest BCUT2D eigenvalue weighted by molar-refractivity contribution is 6.21. The first-order valence-corrected chi connectivity index (χ1v) is 9.84. The van der Waals surface area contributed by atoms with Crippen LogP contribution in [0.2, 0.25) is 0 Å². The fourth-order valence-corrected chi connectivity index (χ4v) is 3.69. The van der Waals surface area contributed by atoms with Crippen LogP contribution in [0.1, 0.15) is 11.1 Å². The van der Waals surface area contributed by atoms with E-state index in [0.717, 1.165) is 4.90 Å². The lowest BCUT2D eigenvalue weighted by atomic mass is 10.00. The summed E-state index contributed by atoms with van der Waals surface area (Å²) in [5.74, 6) is -0.515. The van der Waals surface area contributed by atoms with E-state index >= 15 is 0 Å². The van der Waals surface area contributed by atoms with Crippen LogP contribution >= 0.6 is 0 Å². The Morgan fingerprint density at radius 1 is 1.06 bits per heavy atom. The quantitative estimate of drug-likeness (QED) is 0.684. The minimum atomic E-state index is -1.35. The summed E-state index contributed by atoms with van der Waals surface area (Å²) in [6, 6.07) is 18.9. The molecule has 3 amide bonds. The highest BCUT2D eigenvalue weighted by Crippen LogP contribution is 2.31. The highest BCUT2D eigenvalue weighted by Gasteiger charge is 2.37. The van der Waals surface area contributed by atoms with Crippen molar-refractivity contribution in [3.05, 3.63) is 89.7 Å². The number of nitrogens with zero attached hydrogens (tertiary/aromatic N) is 3. The van der Waals surface area contributed by atoms with Crippen LogP contribution in [-0.4, -0.2) is 38.0 Å². The van der Waals surface area contributed by atoms with E-state index in [9.17, 15) is 14.0 Å². The van der Waals surface area contributed by atoms with Gasteiger partial charge in [-0.15, -0.1) is 0 Å². The third-order valence-electron chi connectivity index (χ3n) is 5.27. The number of ether oxygens (including phenoxy) is 1. The second-order valence-electron chi connectivity index (χ2n) is 7.16. The summed E-state index contributed by atoms with van der Waals surface area (Å²) in [6.45, 7) is 0. The average molecular weight is 432 g/mol. The molecule has 4 rings (SSSR count). The van der Waals surface area contributed by atoms with Gasteiger partial charge in [0.1, 0.15) is 11.6 Å². The number of carbonyl (C=O) groups is 2. The second kappa shape index (κ2) is 8.50. The first-order valence-electron chi connectivity index (χ1n) is 9.84. The van der Waals surface area contributed by atoms with E-state index in [1.54, 1.807) is 73.8 Å². The molecule has 3 aromatic carbocycles. The van der Waals surface area contributed by atoms with Crippen molar-refractivity contribution >= 4 is 29.0 Å². The number of urea groups is 1. The first-order chi connectivity index (χ1) is 15.4. The Kier molecular flexibility index (Phi) is 5.59. The first kappa shape index (κ1) is 21.0. The number of benzodiazepines with no additional fused rings is 1. The lowest BCUT2D eigenvalue weighted by molar-refractivity contribution is -0.119. The van der Waals surface area contributed by atoms with Gasteiger partial charge in [0.05, 0.1) is 24.2 Å². The van der Waals surface area contributed by atoms with Crippen LogP contribution in [-0.2, 0) is 4.79 Å². The molecule has 0 bridgehead atoms. The van der Waals surface area contributed by atoms with Crippen LogP contribution in [0.25, 0.3) is 0 Å². The van der Waals surface area contributed by atoms with Crippen LogP contribution < -0.4 is 20.3 Å². The number of primary amides is 1. The second-order valence-corrected chi connectivity index (χ2v) is 7.16. The SMILES string of the molecule is COc1cccc(N(C(N)=O)C2N=C(c3ccccc3F)c3ccccc3N(C)C2=O)c1. The predicted molar refractivity (Wildman–Crippen MR) is 121 cm³/mol. The average Bonchev–Trinajstić information content (AvgIpc) is 2.90. The number of halogens is 1. The zero-order chi connectivity index (χ0) is 22.8. The van der Waals surface area contributed by atoms with Gasteiger partial charge in [0, 0.05) is 24.2 Å². The number of carbonyl (C=O) groups excluding carboxylic acids is 2. The summed E-state index contributed by atoms with van der Waals surface area (Å²) < 4.78 is 20.0. The van der Waals surface area contributed by atoms with E-state index in [1.165, 1.54) is 18.1 Å². The van der Waals surface area contributed by atoms with E-state index in [-0.39, 0.29) is 11.3 Å². The minimum absolute atomic E-state index is 0.211. The van der Waals surface area contributed by atoms with Gasteiger partial charge in [0.2, 0.25) is 6.17 Å². The van der Waals surface area contributed by atoms with Crippen LogP contribution in [0, 0.1) is 5.82 Å². The number of rotatable bonds is 4. The lowest BCUT2D eigenvalue weighted by Gasteiger charge is -2.29. The number of likely N-dealkylation sites (N-methyl/N-ethyl adjacent to an activating group) is 1. The molecule has 1 unspecified atom stereocenters. The molecule has 1 aliphatic rings. The summed E-state index contributed by atoms with van der Waals surface area (Å²) in [7, 11) is 3.07. The van der Waals surface area contributed by atoms with E-state index in [1.807, 2.05) is 0 Å². The largest absolute Gasteiger partial charge is 0.497 e. The molecule has 0 radical (unpaired) electrons. The van der Waals surface area contributed by atoms with Crippen molar-refractivity contribution < 1.29 is 18.7 Å². The Hall–Kier alpha value is -4.20. The van der Waals surface area contributed by atoms with Gasteiger partial charge in [-0.1, -0.05) is 36.4 Å². The maximum Gasteiger partial charge on any atom is 0.321 e. The number of amides is 3. The number of para-hydroxylation sites is 1. The molecule has 2 N–H and O–H groups in total. The number of hydrogen-bond acceptors (Lipinski definition) is 4. The number of benzene rings is 3. The van der Waals surface area contributed by atoms with Gasteiger partial charge in [-0.2, -0.15) is 0 Å². The van der Waals surface area contributed by atoms with Crippen LogP contribution in [0.4, 0.5) is 20.6 Å². The van der Waals surface area contributed by atoms with Crippen molar-refractivity contribution in [2.24, 2.45) is 10.7 Å². The number of aliphatic imine (C=N–C) groups is 1. The predicted octanol–water partition coefficient (Wildman–Crippen LogP) is 3.56. The maximum atomic E-state index is 14.8. The molecule has 1 heterocycles. The summed E-state index contributed by atoms with van der Waals surface area (Å²) in [6.07, 6.45) is -1.35. The Morgan fingerprint density at radius 3 is 2.44 bits per heavy atom. The molecule has 0 saturated carbocycles. The van der Waals surface area contributed by atoms with E-state index < -0.39 is 23.9 Å².